The van der Waals surface area contributed by atoms with Crippen LogP contribution < -0.4 is 5.32 Å². The third kappa shape index (κ3) is 6.91. The first kappa shape index (κ1) is 27.6. The summed E-state index contributed by atoms with van der Waals surface area (Å²) >= 11 is 15.5. The number of benzene rings is 3. The molecule has 1 saturated heterocycles. The highest BCUT2D eigenvalue weighted by Gasteiger charge is 2.30. The molecule has 4 rings (SSSR count). The quantitative estimate of drug-likeness (QED) is 0.367. The zero-order valence-electron chi connectivity index (χ0n) is 19.7. The van der Waals surface area contributed by atoms with Crippen LogP contribution in [0.25, 0.3) is 11.1 Å². The second-order valence-corrected chi connectivity index (χ2v) is 12.2. The molecular formula is C26H24BrCl2N3O4S. The molecule has 3 aromatic carbocycles. The molecule has 3 aromatic rings. The first-order valence-corrected chi connectivity index (χ1v) is 14.5. The lowest BCUT2D eigenvalue weighted by atomic mass is 10.0. The van der Waals surface area contributed by atoms with Crippen LogP contribution >= 0.6 is 39.1 Å². The summed E-state index contributed by atoms with van der Waals surface area (Å²) in [4.78, 5) is 27.2. The van der Waals surface area contributed by atoms with E-state index in [0.29, 0.717) is 15.7 Å². The summed E-state index contributed by atoms with van der Waals surface area (Å²) in [6.45, 7) is 0.944. The Morgan fingerprint density at radius 1 is 0.838 bits per heavy atom. The molecule has 0 aromatic heterocycles. The van der Waals surface area contributed by atoms with Gasteiger partial charge in [-0.1, -0.05) is 51.3 Å². The minimum atomic E-state index is -3.63. The van der Waals surface area contributed by atoms with Gasteiger partial charge in [-0.25, -0.2) is 8.42 Å². The van der Waals surface area contributed by atoms with Crippen LogP contribution in [0.15, 0.2) is 76.1 Å². The minimum absolute atomic E-state index is 0.00107. The molecule has 1 fully saturated rings. The molecule has 0 radical (unpaired) electrons. The van der Waals surface area contributed by atoms with Crippen molar-refractivity contribution in [3.63, 3.8) is 0 Å². The Bertz CT molecular complexity index is 1390. The Morgan fingerprint density at radius 3 is 2.11 bits per heavy atom. The molecule has 1 aliphatic rings. The van der Waals surface area contributed by atoms with Gasteiger partial charge in [0.25, 0.3) is 0 Å². The number of carbonyl (C=O) groups excluding carboxylic acids is 2. The molecule has 0 atom stereocenters. The van der Waals surface area contributed by atoms with Gasteiger partial charge in [0.1, 0.15) is 0 Å². The van der Waals surface area contributed by atoms with E-state index < -0.39 is 10.0 Å². The van der Waals surface area contributed by atoms with Crippen LogP contribution in [-0.2, 0) is 19.6 Å². The van der Waals surface area contributed by atoms with Gasteiger partial charge in [-0.05, 0) is 60.2 Å². The lowest BCUT2D eigenvalue weighted by Crippen LogP contribution is -2.50. The van der Waals surface area contributed by atoms with E-state index in [1.807, 2.05) is 12.1 Å². The van der Waals surface area contributed by atoms with Crippen molar-refractivity contribution >= 4 is 66.7 Å². The normalized spacial score (nSPS) is 14.4. The van der Waals surface area contributed by atoms with Crippen molar-refractivity contribution in [2.24, 2.45) is 0 Å². The molecular weight excluding hydrogens is 601 g/mol. The van der Waals surface area contributed by atoms with Gasteiger partial charge < -0.3 is 10.2 Å². The fraction of sp³-hybridized carbons (Fsp3) is 0.231. The fourth-order valence-electron chi connectivity index (χ4n) is 4.02. The van der Waals surface area contributed by atoms with Crippen LogP contribution in [0.5, 0.6) is 0 Å². The summed E-state index contributed by atoms with van der Waals surface area (Å²) in [6.07, 6.45) is 0.0219. The smallest absolute Gasteiger partial charge is 0.243 e. The fourth-order valence-corrected chi connectivity index (χ4v) is 6.00. The third-order valence-electron chi connectivity index (χ3n) is 6.02. The van der Waals surface area contributed by atoms with Gasteiger partial charge >= 0.3 is 0 Å². The molecule has 1 heterocycles. The van der Waals surface area contributed by atoms with Crippen LogP contribution in [0.2, 0.25) is 10.0 Å². The van der Waals surface area contributed by atoms with Crippen molar-refractivity contribution in [3.8, 4) is 11.1 Å². The van der Waals surface area contributed by atoms with E-state index in [-0.39, 0.29) is 55.7 Å². The Balaban J connectivity index is 1.31. The van der Waals surface area contributed by atoms with Crippen molar-refractivity contribution in [2.75, 3.05) is 31.5 Å². The van der Waals surface area contributed by atoms with Gasteiger partial charge in [-0.3, -0.25) is 9.59 Å². The first-order valence-electron chi connectivity index (χ1n) is 11.5. The Kier molecular flexibility index (Phi) is 8.92. The average Bonchev–Trinajstić information content (AvgIpc) is 2.89. The second kappa shape index (κ2) is 12.0. The van der Waals surface area contributed by atoms with Crippen molar-refractivity contribution in [3.05, 3.63) is 81.2 Å². The number of nitrogens with one attached hydrogen (secondary N) is 1. The number of halogens is 3. The highest BCUT2D eigenvalue weighted by atomic mass is 79.9. The van der Waals surface area contributed by atoms with Gasteiger partial charge in [-0.2, -0.15) is 4.31 Å². The standard InChI is InChI=1S/C26H24BrCl2N3O4S/c27-19-3-8-22(9-4-19)37(35,36)32-15-13-31(14-16-32)26(34)12-11-25(33)30-24-10-7-21(29)17-23(24)18-1-5-20(28)6-2-18/h1-10,17H,11-16H2,(H,30,33). The first-order chi connectivity index (χ1) is 17.6. The van der Waals surface area contributed by atoms with Gasteiger partial charge in [0.05, 0.1) is 4.90 Å². The number of nitrogens with zero attached hydrogens (tertiary/aromatic N) is 2. The monoisotopic (exact) mass is 623 g/mol. The summed E-state index contributed by atoms with van der Waals surface area (Å²) in [5.74, 6) is -0.493. The van der Waals surface area contributed by atoms with E-state index in [0.717, 1.165) is 15.6 Å². The molecule has 1 N–H and O–H groups in total. The zero-order valence-corrected chi connectivity index (χ0v) is 23.6. The molecule has 194 valence electrons. The Morgan fingerprint density at radius 2 is 1.46 bits per heavy atom. The molecule has 0 spiro atoms. The number of amides is 2. The highest BCUT2D eigenvalue weighted by molar-refractivity contribution is 9.10. The maximum Gasteiger partial charge on any atom is 0.243 e. The van der Waals surface area contributed by atoms with Crippen LogP contribution in [0.4, 0.5) is 5.69 Å². The van der Waals surface area contributed by atoms with Gasteiger partial charge in [0.2, 0.25) is 21.8 Å². The number of anilines is 1. The van der Waals surface area contributed by atoms with E-state index in [4.69, 9.17) is 23.2 Å². The maximum absolute atomic E-state index is 12.9. The second-order valence-electron chi connectivity index (χ2n) is 8.48. The summed E-state index contributed by atoms with van der Waals surface area (Å²) in [5, 5.41) is 3.99. The van der Waals surface area contributed by atoms with Crippen LogP contribution in [0, 0.1) is 0 Å². The lowest BCUT2D eigenvalue weighted by Gasteiger charge is -2.34. The number of sulfonamides is 1. The van der Waals surface area contributed by atoms with Crippen molar-refractivity contribution in [2.45, 2.75) is 17.7 Å². The van der Waals surface area contributed by atoms with Gasteiger partial charge in [0.15, 0.2) is 0 Å². The van der Waals surface area contributed by atoms with Crippen LogP contribution in [0.3, 0.4) is 0 Å². The number of hydrogen-bond acceptors (Lipinski definition) is 4. The van der Waals surface area contributed by atoms with Gasteiger partial charge in [0, 0.05) is 64.8 Å². The molecule has 0 saturated carbocycles. The van der Waals surface area contributed by atoms with E-state index >= 15 is 0 Å². The summed E-state index contributed by atoms with van der Waals surface area (Å²) in [6, 6.07) is 18.8. The highest BCUT2D eigenvalue weighted by Crippen LogP contribution is 2.32. The van der Waals surface area contributed by atoms with E-state index in [9.17, 15) is 18.0 Å². The summed E-state index contributed by atoms with van der Waals surface area (Å²) in [7, 11) is -3.63. The van der Waals surface area contributed by atoms with Crippen molar-refractivity contribution < 1.29 is 18.0 Å². The van der Waals surface area contributed by atoms with Gasteiger partial charge in [-0.15, -0.1) is 0 Å². The molecule has 11 heteroatoms. The molecule has 0 bridgehead atoms. The predicted octanol–water partition coefficient (Wildman–Crippen LogP) is 5.67. The number of carbonyl (C=O) groups is 2. The SMILES string of the molecule is O=C(CCC(=O)N1CCN(S(=O)(=O)c2ccc(Br)cc2)CC1)Nc1ccc(Cl)cc1-c1ccc(Cl)cc1. The predicted molar refractivity (Wildman–Crippen MR) is 149 cm³/mol. The summed E-state index contributed by atoms with van der Waals surface area (Å²) in [5.41, 5.74) is 2.16. The molecule has 1 aliphatic heterocycles. The number of hydrogen-bond donors (Lipinski definition) is 1. The van der Waals surface area contributed by atoms with E-state index in [1.165, 1.54) is 4.31 Å². The minimum Gasteiger partial charge on any atom is -0.340 e. The Labute approximate surface area is 234 Å². The lowest BCUT2D eigenvalue weighted by molar-refractivity contribution is -0.133. The topological polar surface area (TPSA) is 86.8 Å². The van der Waals surface area contributed by atoms with E-state index in [2.05, 4.69) is 21.2 Å². The van der Waals surface area contributed by atoms with E-state index in [1.54, 1.807) is 59.5 Å². The van der Waals surface area contributed by atoms with Crippen LogP contribution in [0.1, 0.15) is 12.8 Å². The number of rotatable bonds is 7. The molecule has 0 unspecified atom stereocenters. The zero-order chi connectivity index (χ0) is 26.6. The molecule has 2 amide bonds. The molecule has 0 aliphatic carbocycles. The molecule has 37 heavy (non-hydrogen) atoms. The molecule has 7 nitrogen and oxygen atoms in total. The average molecular weight is 625 g/mol. The van der Waals surface area contributed by atoms with Crippen molar-refractivity contribution in [1.29, 1.82) is 0 Å². The third-order valence-corrected chi connectivity index (χ3v) is 8.95. The largest absolute Gasteiger partial charge is 0.340 e. The van der Waals surface area contributed by atoms with Crippen LogP contribution in [-0.4, -0.2) is 55.6 Å². The maximum atomic E-state index is 12.9. The Hall–Kier alpha value is -2.43. The summed E-state index contributed by atoms with van der Waals surface area (Å²) < 4.78 is 27.9. The number of piperazine rings is 1. The van der Waals surface area contributed by atoms with Crippen molar-refractivity contribution in [1.82, 2.24) is 9.21 Å².